The van der Waals surface area contributed by atoms with Crippen LogP contribution in [0.25, 0.3) is 0 Å². The van der Waals surface area contributed by atoms with E-state index in [9.17, 15) is 9.59 Å². The second-order valence-corrected chi connectivity index (χ2v) is 7.03. The van der Waals surface area contributed by atoms with Gasteiger partial charge in [0.25, 0.3) is 5.91 Å². The lowest BCUT2D eigenvalue weighted by Gasteiger charge is -2.34. The van der Waals surface area contributed by atoms with Gasteiger partial charge in [0.1, 0.15) is 11.5 Å². The van der Waals surface area contributed by atoms with E-state index in [0.29, 0.717) is 37.4 Å². The van der Waals surface area contributed by atoms with Crippen molar-refractivity contribution in [3.8, 4) is 0 Å². The average molecular weight is 380 g/mol. The smallest absolute Gasteiger partial charge is 0.257 e. The molecule has 0 spiro atoms. The number of hydrogen-bond donors (Lipinski definition) is 0. The fourth-order valence-corrected chi connectivity index (χ4v) is 3.43. The third-order valence-electron chi connectivity index (χ3n) is 5.10. The minimum absolute atomic E-state index is 0.0796. The van der Waals surface area contributed by atoms with E-state index in [1.165, 1.54) is 0 Å². The van der Waals surface area contributed by atoms with Gasteiger partial charge in [0.15, 0.2) is 0 Å². The molecule has 7 nitrogen and oxygen atoms in total. The third kappa shape index (κ3) is 6.07. The molecule has 1 fully saturated rings. The molecule has 0 N–H and O–H groups in total. The van der Waals surface area contributed by atoms with Crippen molar-refractivity contribution in [1.29, 1.82) is 0 Å². The molecule has 0 radical (unpaired) electrons. The lowest BCUT2D eigenvalue weighted by Crippen LogP contribution is -2.49. The van der Waals surface area contributed by atoms with Gasteiger partial charge in [0, 0.05) is 59.4 Å². The first-order valence-electron chi connectivity index (χ1n) is 9.81. The van der Waals surface area contributed by atoms with Gasteiger partial charge in [-0.2, -0.15) is 0 Å². The van der Waals surface area contributed by atoms with Gasteiger partial charge < -0.3 is 23.9 Å². The number of likely N-dealkylation sites (N-methyl/N-ethyl adjacent to an activating group) is 1. The zero-order valence-electron chi connectivity index (χ0n) is 17.1. The van der Waals surface area contributed by atoms with Gasteiger partial charge in [-0.3, -0.25) is 9.59 Å². The quantitative estimate of drug-likeness (QED) is 0.614. The standard InChI is InChI=1S/C20H33N3O4/c1-5-21-10-12-22(13-11-21)19(24)7-9-23(8-6-14-26-4)20(25)18-15-16(2)27-17(18)3/h15H,5-14H2,1-4H3. The van der Waals surface area contributed by atoms with Gasteiger partial charge in [-0.15, -0.1) is 0 Å². The number of aryl methyl sites for hydroxylation is 2. The number of nitrogens with zero attached hydrogens (tertiary/aromatic N) is 3. The second kappa shape index (κ2) is 10.5. The number of amides is 2. The monoisotopic (exact) mass is 379 g/mol. The zero-order chi connectivity index (χ0) is 19.8. The second-order valence-electron chi connectivity index (χ2n) is 7.03. The molecule has 2 amide bonds. The maximum atomic E-state index is 12.9. The molecule has 0 aliphatic carbocycles. The third-order valence-corrected chi connectivity index (χ3v) is 5.10. The maximum absolute atomic E-state index is 12.9. The molecule has 2 heterocycles. The van der Waals surface area contributed by atoms with Crippen molar-refractivity contribution in [3.05, 3.63) is 23.2 Å². The first-order valence-corrected chi connectivity index (χ1v) is 9.81. The molecular weight excluding hydrogens is 346 g/mol. The SMILES string of the molecule is CCN1CCN(C(=O)CCN(CCCOC)C(=O)c2cc(C)oc2C)CC1. The van der Waals surface area contributed by atoms with E-state index in [-0.39, 0.29) is 11.8 Å². The molecule has 27 heavy (non-hydrogen) atoms. The van der Waals surface area contributed by atoms with E-state index < -0.39 is 0 Å². The number of carbonyl (C=O) groups is 2. The Morgan fingerprint density at radius 1 is 1.19 bits per heavy atom. The number of piperazine rings is 1. The van der Waals surface area contributed by atoms with Crippen LogP contribution in [0.5, 0.6) is 0 Å². The summed E-state index contributed by atoms with van der Waals surface area (Å²) in [5, 5.41) is 0. The molecule has 1 aromatic rings. The van der Waals surface area contributed by atoms with Gasteiger partial charge in [0.2, 0.25) is 5.91 Å². The molecule has 1 aliphatic heterocycles. The highest BCUT2D eigenvalue weighted by Gasteiger charge is 2.24. The van der Waals surface area contributed by atoms with Crippen LogP contribution in [0.4, 0.5) is 0 Å². The Morgan fingerprint density at radius 2 is 1.89 bits per heavy atom. The molecule has 1 aliphatic rings. The van der Waals surface area contributed by atoms with Crippen LogP contribution in [-0.2, 0) is 9.53 Å². The number of rotatable bonds is 9. The molecule has 1 saturated heterocycles. The summed E-state index contributed by atoms with van der Waals surface area (Å²) in [5.74, 6) is 1.38. The Morgan fingerprint density at radius 3 is 2.44 bits per heavy atom. The van der Waals surface area contributed by atoms with E-state index in [4.69, 9.17) is 9.15 Å². The van der Waals surface area contributed by atoms with Gasteiger partial charge in [-0.05, 0) is 32.9 Å². The predicted molar refractivity (Wildman–Crippen MR) is 104 cm³/mol. The molecule has 0 bridgehead atoms. The van der Waals surface area contributed by atoms with Crippen LogP contribution >= 0.6 is 0 Å². The van der Waals surface area contributed by atoms with Crippen LogP contribution < -0.4 is 0 Å². The lowest BCUT2D eigenvalue weighted by atomic mass is 10.2. The van der Waals surface area contributed by atoms with Crippen molar-refractivity contribution in [2.24, 2.45) is 0 Å². The minimum Gasteiger partial charge on any atom is -0.466 e. The predicted octanol–water partition coefficient (Wildman–Crippen LogP) is 1.93. The van der Waals surface area contributed by atoms with Crippen LogP contribution in [0.3, 0.4) is 0 Å². The summed E-state index contributed by atoms with van der Waals surface area (Å²) in [6.07, 6.45) is 1.09. The Labute approximate surface area is 162 Å². The molecule has 0 aromatic carbocycles. The Kier molecular flexibility index (Phi) is 8.31. The number of carbonyl (C=O) groups excluding carboxylic acids is 2. The van der Waals surface area contributed by atoms with Gasteiger partial charge >= 0.3 is 0 Å². The van der Waals surface area contributed by atoms with Gasteiger partial charge in [-0.1, -0.05) is 6.92 Å². The highest BCUT2D eigenvalue weighted by Crippen LogP contribution is 2.17. The van der Waals surface area contributed by atoms with Crippen molar-refractivity contribution < 1.29 is 18.7 Å². The molecular formula is C20H33N3O4. The number of hydrogen-bond acceptors (Lipinski definition) is 5. The van der Waals surface area contributed by atoms with Crippen LogP contribution in [-0.4, -0.2) is 86.0 Å². The lowest BCUT2D eigenvalue weighted by molar-refractivity contribution is -0.133. The largest absolute Gasteiger partial charge is 0.466 e. The summed E-state index contributed by atoms with van der Waals surface area (Å²) in [6, 6.07) is 1.77. The molecule has 0 saturated carbocycles. The molecule has 1 aromatic heterocycles. The molecule has 2 rings (SSSR count). The number of furan rings is 1. The Bertz CT molecular complexity index is 621. The minimum atomic E-state index is -0.0796. The van der Waals surface area contributed by atoms with Crippen molar-refractivity contribution >= 4 is 11.8 Å². The Hall–Kier alpha value is -1.86. The van der Waals surface area contributed by atoms with Crippen LogP contribution in [0, 0.1) is 13.8 Å². The van der Waals surface area contributed by atoms with E-state index in [2.05, 4.69) is 11.8 Å². The Balaban J connectivity index is 1.94. The van der Waals surface area contributed by atoms with Crippen LogP contribution in [0.2, 0.25) is 0 Å². The van der Waals surface area contributed by atoms with Gasteiger partial charge in [0.05, 0.1) is 5.56 Å². The average Bonchev–Trinajstić information content (AvgIpc) is 3.02. The zero-order valence-corrected chi connectivity index (χ0v) is 17.1. The summed E-state index contributed by atoms with van der Waals surface area (Å²) >= 11 is 0. The number of methoxy groups -OCH3 is 1. The first kappa shape index (κ1) is 21.4. The van der Waals surface area contributed by atoms with E-state index >= 15 is 0 Å². The van der Waals surface area contributed by atoms with Crippen LogP contribution in [0.15, 0.2) is 10.5 Å². The van der Waals surface area contributed by atoms with Crippen LogP contribution in [0.1, 0.15) is 41.6 Å². The summed E-state index contributed by atoms with van der Waals surface area (Å²) in [5.41, 5.74) is 0.578. The summed E-state index contributed by atoms with van der Waals surface area (Å²) in [6.45, 7) is 11.7. The maximum Gasteiger partial charge on any atom is 0.257 e. The first-order chi connectivity index (χ1) is 13.0. The molecule has 0 unspecified atom stereocenters. The fraction of sp³-hybridized carbons (Fsp3) is 0.700. The summed E-state index contributed by atoms with van der Waals surface area (Å²) in [4.78, 5) is 31.5. The molecule has 7 heteroatoms. The van der Waals surface area contributed by atoms with E-state index in [1.54, 1.807) is 25.0 Å². The van der Waals surface area contributed by atoms with Gasteiger partial charge in [-0.25, -0.2) is 0 Å². The van der Waals surface area contributed by atoms with Crippen molar-refractivity contribution in [1.82, 2.24) is 14.7 Å². The summed E-state index contributed by atoms with van der Waals surface area (Å²) in [7, 11) is 1.65. The van der Waals surface area contributed by atoms with Crippen molar-refractivity contribution in [3.63, 3.8) is 0 Å². The molecule has 0 atom stereocenters. The van der Waals surface area contributed by atoms with Crippen molar-refractivity contribution in [2.45, 2.75) is 33.6 Å². The number of ether oxygens (including phenoxy) is 1. The summed E-state index contributed by atoms with van der Waals surface area (Å²) < 4.78 is 10.6. The van der Waals surface area contributed by atoms with Crippen molar-refractivity contribution in [2.75, 3.05) is 59.5 Å². The van der Waals surface area contributed by atoms with E-state index in [1.807, 2.05) is 11.8 Å². The normalized spacial score (nSPS) is 15.2. The fourth-order valence-electron chi connectivity index (χ4n) is 3.43. The van der Waals surface area contributed by atoms with E-state index in [0.717, 1.165) is 44.9 Å². The topological polar surface area (TPSA) is 66.2 Å². The molecule has 152 valence electrons. The highest BCUT2D eigenvalue weighted by atomic mass is 16.5. The highest BCUT2D eigenvalue weighted by molar-refractivity contribution is 5.95.